The molecule has 1 amide bonds. The molecule has 0 N–H and O–H groups in total. The summed E-state index contributed by atoms with van der Waals surface area (Å²) in [4.78, 5) is 21.6. The molecule has 5 heteroatoms. The molecule has 138 valence electrons. The first-order valence-corrected chi connectivity index (χ1v) is 9.68. The van der Waals surface area contributed by atoms with Crippen LogP contribution in [-0.4, -0.2) is 43.9 Å². The maximum atomic E-state index is 12.6. The fraction of sp³-hybridized carbons (Fsp3) is 0.524. The summed E-state index contributed by atoms with van der Waals surface area (Å²) < 4.78 is 2.10. The third-order valence-electron chi connectivity index (χ3n) is 6.17. The normalized spacial score (nSPS) is 24.3. The number of imidazole rings is 1. The minimum Gasteiger partial charge on any atom is -0.337 e. The van der Waals surface area contributed by atoms with Gasteiger partial charge in [-0.25, -0.2) is 4.98 Å². The second kappa shape index (κ2) is 7.23. The van der Waals surface area contributed by atoms with Crippen LogP contribution in [0.5, 0.6) is 0 Å². The smallest absolute Gasteiger partial charge is 0.223 e. The molecule has 1 atom stereocenters. The molecule has 2 fully saturated rings. The quantitative estimate of drug-likeness (QED) is 0.849. The first-order chi connectivity index (χ1) is 12.7. The molecule has 1 aromatic heterocycles. The number of hydrogen-bond donors (Lipinski definition) is 0. The molecule has 5 nitrogen and oxygen atoms in total. The van der Waals surface area contributed by atoms with Gasteiger partial charge in [-0.1, -0.05) is 30.3 Å². The number of aryl methyl sites for hydroxylation is 1. The Hall–Kier alpha value is -2.14. The van der Waals surface area contributed by atoms with Crippen molar-refractivity contribution in [3.63, 3.8) is 0 Å². The summed E-state index contributed by atoms with van der Waals surface area (Å²) in [5, 5.41) is 0. The van der Waals surface area contributed by atoms with E-state index in [-0.39, 0.29) is 5.54 Å². The van der Waals surface area contributed by atoms with Gasteiger partial charge < -0.3 is 9.47 Å². The largest absolute Gasteiger partial charge is 0.337 e. The Balaban J connectivity index is 1.47. The van der Waals surface area contributed by atoms with Gasteiger partial charge in [0.05, 0.1) is 12.0 Å². The van der Waals surface area contributed by atoms with Crippen LogP contribution in [0.2, 0.25) is 0 Å². The molecule has 1 aromatic carbocycles. The van der Waals surface area contributed by atoms with E-state index in [2.05, 4.69) is 50.7 Å². The van der Waals surface area contributed by atoms with Crippen molar-refractivity contribution in [2.75, 3.05) is 13.1 Å². The molecular formula is C21H28N4O. The van der Waals surface area contributed by atoms with Crippen LogP contribution in [0.1, 0.15) is 43.4 Å². The van der Waals surface area contributed by atoms with E-state index in [1.807, 2.05) is 18.6 Å². The molecule has 2 aliphatic heterocycles. The van der Waals surface area contributed by atoms with Crippen LogP contribution in [-0.2, 0) is 24.9 Å². The van der Waals surface area contributed by atoms with Crippen molar-refractivity contribution < 1.29 is 4.79 Å². The van der Waals surface area contributed by atoms with E-state index < -0.39 is 0 Å². The van der Waals surface area contributed by atoms with Gasteiger partial charge >= 0.3 is 0 Å². The molecule has 0 unspecified atom stereocenters. The van der Waals surface area contributed by atoms with Gasteiger partial charge in [-0.2, -0.15) is 0 Å². The SMILES string of the molecule is Cn1cncc1CN1CCC[C@@]2(CCC(=O)N2Cc2ccccc2)CC1. The number of rotatable bonds is 4. The lowest BCUT2D eigenvalue weighted by molar-refractivity contribution is -0.132. The number of aromatic nitrogens is 2. The van der Waals surface area contributed by atoms with E-state index in [4.69, 9.17) is 0 Å². The van der Waals surface area contributed by atoms with Gasteiger partial charge in [0, 0.05) is 44.8 Å². The summed E-state index contributed by atoms with van der Waals surface area (Å²) in [6, 6.07) is 10.4. The van der Waals surface area contributed by atoms with E-state index in [0.29, 0.717) is 12.3 Å². The highest BCUT2D eigenvalue weighted by Gasteiger charge is 2.45. The van der Waals surface area contributed by atoms with Crippen molar-refractivity contribution in [1.29, 1.82) is 0 Å². The summed E-state index contributed by atoms with van der Waals surface area (Å²) in [6.07, 6.45) is 8.88. The molecule has 0 bridgehead atoms. The summed E-state index contributed by atoms with van der Waals surface area (Å²) in [6.45, 7) is 3.84. The van der Waals surface area contributed by atoms with E-state index in [1.165, 1.54) is 11.3 Å². The van der Waals surface area contributed by atoms with Crippen molar-refractivity contribution in [2.24, 2.45) is 7.05 Å². The molecular weight excluding hydrogens is 324 g/mol. The Labute approximate surface area is 155 Å². The van der Waals surface area contributed by atoms with Crippen LogP contribution in [0.25, 0.3) is 0 Å². The predicted molar refractivity (Wildman–Crippen MR) is 101 cm³/mol. The number of carbonyl (C=O) groups is 1. The van der Waals surface area contributed by atoms with Crippen molar-refractivity contribution in [1.82, 2.24) is 19.4 Å². The van der Waals surface area contributed by atoms with E-state index in [1.54, 1.807) is 0 Å². The van der Waals surface area contributed by atoms with Crippen LogP contribution in [0.3, 0.4) is 0 Å². The topological polar surface area (TPSA) is 41.4 Å². The van der Waals surface area contributed by atoms with E-state index in [0.717, 1.165) is 51.9 Å². The molecule has 0 saturated carbocycles. The number of amides is 1. The Bertz CT molecular complexity index is 756. The maximum absolute atomic E-state index is 12.6. The van der Waals surface area contributed by atoms with Gasteiger partial charge in [0.15, 0.2) is 0 Å². The first kappa shape index (κ1) is 17.3. The molecule has 0 aliphatic carbocycles. The van der Waals surface area contributed by atoms with Gasteiger partial charge in [0.1, 0.15) is 0 Å². The number of benzene rings is 1. The molecule has 1 spiro atoms. The second-order valence-corrected chi connectivity index (χ2v) is 7.82. The number of carbonyl (C=O) groups excluding carboxylic acids is 1. The van der Waals surface area contributed by atoms with Crippen LogP contribution in [0.15, 0.2) is 42.9 Å². The summed E-state index contributed by atoms with van der Waals surface area (Å²) in [7, 11) is 2.05. The first-order valence-electron chi connectivity index (χ1n) is 9.68. The number of hydrogen-bond acceptors (Lipinski definition) is 3. The lowest BCUT2D eigenvalue weighted by Gasteiger charge is -2.38. The Kier molecular flexibility index (Phi) is 4.81. The highest BCUT2D eigenvalue weighted by Crippen LogP contribution is 2.40. The Morgan fingerprint density at radius 1 is 1.08 bits per heavy atom. The zero-order valence-electron chi connectivity index (χ0n) is 15.6. The summed E-state index contributed by atoms with van der Waals surface area (Å²) >= 11 is 0. The summed E-state index contributed by atoms with van der Waals surface area (Å²) in [5.41, 5.74) is 2.54. The van der Waals surface area contributed by atoms with Gasteiger partial charge in [-0.15, -0.1) is 0 Å². The van der Waals surface area contributed by atoms with E-state index >= 15 is 0 Å². The van der Waals surface area contributed by atoms with Crippen molar-refractivity contribution >= 4 is 5.91 Å². The molecule has 3 heterocycles. The van der Waals surface area contributed by atoms with Crippen molar-refractivity contribution in [2.45, 2.75) is 50.7 Å². The van der Waals surface area contributed by atoms with Crippen molar-refractivity contribution in [3.8, 4) is 0 Å². The highest BCUT2D eigenvalue weighted by atomic mass is 16.2. The van der Waals surface area contributed by atoms with Gasteiger partial charge in [-0.05, 0) is 37.8 Å². The molecule has 2 aromatic rings. The van der Waals surface area contributed by atoms with Crippen LogP contribution in [0.4, 0.5) is 0 Å². The van der Waals surface area contributed by atoms with Crippen molar-refractivity contribution in [3.05, 3.63) is 54.1 Å². The van der Waals surface area contributed by atoms with Crippen LogP contribution < -0.4 is 0 Å². The minimum atomic E-state index is 0.0497. The fourth-order valence-electron chi connectivity index (χ4n) is 4.57. The third kappa shape index (κ3) is 3.40. The zero-order valence-corrected chi connectivity index (χ0v) is 15.6. The maximum Gasteiger partial charge on any atom is 0.223 e. The second-order valence-electron chi connectivity index (χ2n) is 7.82. The average molecular weight is 352 g/mol. The van der Waals surface area contributed by atoms with Gasteiger partial charge in [-0.3, -0.25) is 9.69 Å². The van der Waals surface area contributed by atoms with E-state index in [9.17, 15) is 4.79 Å². The molecule has 0 radical (unpaired) electrons. The van der Waals surface area contributed by atoms with Gasteiger partial charge in [0.2, 0.25) is 5.91 Å². The zero-order chi connectivity index (χ0) is 18.0. The number of likely N-dealkylation sites (tertiary alicyclic amines) is 2. The Morgan fingerprint density at radius 2 is 1.92 bits per heavy atom. The Morgan fingerprint density at radius 3 is 2.69 bits per heavy atom. The molecule has 26 heavy (non-hydrogen) atoms. The standard InChI is InChI=1S/C21H28N4O/c1-23-17-22-14-19(23)16-24-12-5-9-21(11-13-24)10-8-20(26)25(21)15-18-6-3-2-4-7-18/h2-4,6-7,14,17H,5,8-13,15-16H2,1H3/t21-/m1/s1. The van der Waals surface area contributed by atoms with Crippen LogP contribution >= 0.6 is 0 Å². The lowest BCUT2D eigenvalue weighted by atomic mass is 9.87. The molecule has 2 aliphatic rings. The molecule has 2 saturated heterocycles. The number of nitrogens with zero attached hydrogens (tertiary/aromatic N) is 4. The predicted octanol–water partition coefficient (Wildman–Crippen LogP) is 2.97. The summed E-state index contributed by atoms with van der Waals surface area (Å²) in [5.74, 6) is 0.328. The van der Waals surface area contributed by atoms with Crippen LogP contribution in [0, 0.1) is 0 Å². The monoisotopic (exact) mass is 352 g/mol. The molecule has 4 rings (SSSR count). The highest BCUT2D eigenvalue weighted by molar-refractivity contribution is 5.79. The third-order valence-corrected chi connectivity index (χ3v) is 6.17. The van der Waals surface area contributed by atoms with Gasteiger partial charge in [0.25, 0.3) is 0 Å². The average Bonchev–Trinajstić information content (AvgIpc) is 3.10. The fourth-order valence-corrected chi connectivity index (χ4v) is 4.57. The lowest BCUT2D eigenvalue weighted by Crippen LogP contribution is -2.45. The minimum absolute atomic E-state index is 0.0497.